The molecule has 60 valence electrons. The van der Waals surface area contributed by atoms with E-state index in [0.717, 1.165) is 13.0 Å². The summed E-state index contributed by atoms with van der Waals surface area (Å²) in [6, 6.07) is -0.389. The van der Waals surface area contributed by atoms with Crippen molar-refractivity contribution in [1.29, 1.82) is 0 Å². The van der Waals surface area contributed by atoms with Crippen molar-refractivity contribution in [2.45, 2.75) is 31.4 Å². The Kier molecular flexibility index (Phi) is 2.56. The first kappa shape index (κ1) is 7.88. The first-order valence-electron chi connectivity index (χ1n) is 3.41. The van der Waals surface area contributed by atoms with Gasteiger partial charge in [0.2, 0.25) is 0 Å². The number of alkyl halides is 2. The van der Waals surface area contributed by atoms with Crippen molar-refractivity contribution < 1.29 is 13.9 Å². The van der Waals surface area contributed by atoms with Crippen LogP contribution in [0.3, 0.4) is 0 Å². The predicted octanol–water partition coefficient (Wildman–Crippen LogP) is 0.364. The second kappa shape index (κ2) is 3.25. The van der Waals surface area contributed by atoms with Gasteiger partial charge in [-0.25, -0.2) is 8.78 Å². The lowest BCUT2D eigenvalue weighted by Crippen LogP contribution is -2.39. The molecule has 1 aliphatic heterocycles. The monoisotopic (exact) mass is 151 g/mol. The molecule has 2 atom stereocenters. The van der Waals surface area contributed by atoms with Crippen molar-refractivity contribution >= 4 is 0 Å². The van der Waals surface area contributed by atoms with Crippen molar-refractivity contribution in [2.24, 2.45) is 0 Å². The Labute approximate surface area is 58.2 Å². The third-order valence-corrected chi connectivity index (χ3v) is 1.77. The van der Waals surface area contributed by atoms with Gasteiger partial charge in [0.25, 0.3) is 6.43 Å². The number of rotatable bonds is 2. The van der Waals surface area contributed by atoms with E-state index in [2.05, 4.69) is 5.32 Å². The summed E-state index contributed by atoms with van der Waals surface area (Å²) < 4.78 is 23.6. The Hall–Kier alpha value is -0.220. The van der Waals surface area contributed by atoms with Gasteiger partial charge in [-0.3, -0.25) is 0 Å². The Bertz CT molecular complexity index is 104. The van der Waals surface area contributed by atoms with Crippen LogP contribution >= 0.6 is 0 Å². The number of halogens is 2. The number of aliphatic hydroxyl groups excluding tert-OH is 1. The van der Waals surface area contributed by atoms with Crippen LogP contribution in [0.15, 0.2) is 0 Å². The molecular weight excluding hydrogens is 140 g/mol. The van der Waals surface area contributed by atoms with Crippen molar-refractivity contribution in [3.63, 3.8) is 0 Å². The normalized spacial score (nSPS) is 29.4. The summed E-state index contributed by atoms with van der Waals surface area (Å²) in [7, 11) is 0. The van der Waals surface area contributed by atoms with Crippen molar-refractivity contribution in [1.82, 2.24) is 5.32 Å². The number of nitrogens with one attached hydrogen (secondary N) is 1. The fourth-order valence-electron chi connectivity index (χ4n) is 1.18. The molecule has 10 heavy (non-hydrogen) atoms. The highest BCUT2D eigenvalue weighted by molar-refractivity contribution is 4.82. The topological polar surface area (TPSA) is 32.3 Å². The highest BCUT2D eigenvalue weighted by atomic mass is 19.3. The van der Waals surface area contributed by atoms with E-state index in [4.69, 9.17) is 5.11 Å². The van der Waals surface area contributed by atoms with Gasteiger partial charge in [-0.15, -0.1) is 0 Å². The molecule has 0 radical (unpaired) electrons. The lowest BCUT2D eigenvalue weighted by Gasteiger charge is -2.16. The maximum atomic E-state index is 11.8. The fourth-order valence-corrected chi connectivity index (χ4v) is 1.18. The molecule has 0 aromatic carbocycles. The van der Waals surface area contributed by atoms with E-state index in [1.54, 1.807) is 0 Å². The van der Waals surface area contributed by atoms with E-state index in [9.17, 15) is 8.78 Å². The average Bonchev–Trinajstić information content (AvgIpc) is 2.36. The molecule has 2 N–H and O–H groups in total. The number of aliphatic hydroxyl groups is 1. The molecule has 1 heterocycles. The predicted molar refractivity (Wildman–Crippen MR) is 33.0 cm³/mol. The van der Waals surface area contributed by atoms with Gasteiger partial charge in [-0.1, -0.05) is 0 Å². The molecule has 0 amide bonds. The van der Waals surface area contributed by atoms with Gasteiger partial charge in [-0.05, 0) is 19.4 Å². The third-order valence-electron chi connectivity index (χ3n) is 1.77. The van der Waals surface area contributed by atoms with Crippen LogP contribution in [-0.2, 0) is 0 Å². The quantitative estimate of drug-likeness (QED) is 0.597. The number of hydrogen-bond donors (Lipinski definition) is 2. The Morgan fingerprint density at radius 3 is 2.60 bits per heavy atom. The minimum atomic E-state index is -2.62. The van der Waals surface area contributed by atoms with Crippen LogP contribution in [0.4, 0.5) is 8.78 Å². The zero-order chi connectivity index (χ0) is 7.56. The maximum absolute atomic E-state index is 11.8. The van der Waals surface area contributed by atoms with E-state index in [1.807, 2.05) is 0 Å². The molecule has 4 heteroatoms. The van der Waals surface area contributed by atoms with E-state index in [-0.39, 0.29) is 6.04 Å². The molecule has 1 rings (SSSR count). The molecule has 2 nitrogen and oxygen atoms in total. The molecule has 2 unspecified atom stereocenters. The van der Waals surface area contributed by atoms with E-state index < -0.39 is 12.5 Å². The zero-order valence-corrected chi connectivity index (χ0v) is 5.56. The highest BCUT2D eigenvalue weighted by Crippen LogP contribution is 2.14. The van der Waals surface area contributed by atoms with Crippen LogP contribution in [0.25, 0.3) is 0 Å². The van der Waals surface area contributed by atoms with Gasteiger partial charge >= 0.3 is 0 Å². The zero-order valence-electron chi connectivity index (χ0n) is 5.56. The summed E-state index contributed by atoms with van der Waals surface area (Å²) in [5.74, 6) is 0. The second-order valence-electron chi connectivity index (χ2n) is 2.53. The summed E-state index contributed by atoms with van der Waals surface area (Å²) in [6.07, 6.45) is -2.56. The van der Waals surface area contributed by atoms with Crippen molar-refractivity contribution in [2.75, 3.05) is 6.54 Å². The lowest BCUT2D eigenvalue weighted by atomic mass is 10.1. The molecule has 1 aliphatic rings. The van der Waals surface area contributed by atoms with Crippen molar-refractivity contribution in [3.05, 3.63) is 0 Å². The van der Waals surface area contributed by atoms with Crippen LogP contribution < -0.4 is 5.32 Å². The Morgan fingerprint density at radius 2 is 2.20 bits per heavy atom. The SMILES string of the molecule is OC(C(F)F)C1CCCN1. The lowest BCUT2D eigenvalue weighted by molar-refractivity contribution is -0.0222. The van der Waals surface area contributed by atoms with Crippen molar-refractivity contribution in [3.8, 4) is 0 Å². The van der Waals surface area contributed by atoms with E-state index in [0.29, 0.717) is 6.42 Å². The van der Waals surface area contributed by atoms with Gasteiger partial charge in [0.05, 0.1) is 0 Å². The smallest absolute Gasteiger partial charge is 0.265 e. The first-order chi connectivity index (χ1) is 4.72. The summed E-state index contributed by atoms with van der Waals surface area (Å²) in [6.45, 7) is 0.744. The van der Waals surface area contributed by atoms with Crippen LogP contribution in [0, 0.1) is 0 Å². The third kappa shape index (κ3) is 1.64. The van der Waals surface area contributed by atoms with E-state index in [1.165, 1.54) is 0 Å². The van der Waals surface area contributed by atoms with Crippen LogP contribution in [-0.4, -0.2) is 30.2 Å². The van der Waals surface area contributed by atoms with Gasteiger partial charge in [0.1, 0.15) is 6.10 Å². The molecule has 0 aromatic rings. The minimum absolute atomic E-state index is 0.389. The molecule has 1 saturated heterocycles. The van der Waals surface area contributed by atoms with Gasteiger partial charge in [-0.2, -0.15) is 0 Å². The summed E-state index contributed by atoms with van der Waals surface area (Å²) in [4.78, 5) is 0. The number of hydrogen-bond acceptors (Lipinski definition) is 2. The van der Waals surface area contributed by atoms with Gasteiger partial charge in [0.15, 0.2) is 0 Å². The fraction of sp³-hybridized carbons (Fsp3) is 1.00. The minimum Gasteiger partial charge on any atom is -0.386 e. The molecule has 0 aromatic heterocycles. The summed E-state index contributed by atoms with van der Waals surface area (Å²) in [5.41, 5.74) is 0. The average molecular weight is 151 g/mol. The maximum Gasteiger partial charge on any atom is 0.265 e. The van der Waals surface area contributed by atoms with Gasteiger partial charge in [0, 0.05) is 6.04 Å². The standard InChI is InChI=1S/C6H11F2NO/c7-6(8)5(10)4-2-1-3-9-4/h4-6,9-10H,1-3H2. The molecule has 0 saturated carbocycles. The first-order valence-corrected chi connectivity index (χ1v) is 3.41. The molecule has 0 bridgehead atoms. The largest absolute Gasteiger partial charge is 0.386 e. The van der Waals surface area contributed by atoms with Crippen LogP contribution in [0.5, 0.6) is 0 Å². The Morgan fingerprint density at radius 1 is 1.50 bits per heavy atom. The molecular formula is C6H11F2NO. The van der Waals surface area contributed by atoms with Crippen LogP contribution in [0.2, 0.25) is 0 Å². The van der Waals surface area contributed by atoms with E-state index >= 15 is 0 Å². The molecule has 1 fully saturated rings. The van der Waals surface area contributed by atoms with Gasteiger partial charge < -0.3 is 10.4 Å². The molecule has 0 spiro atoms. The summed E-state index contributed by atoms with van der Waals surface area (Å²) >= 11 is 0. The second-order valence-corrected chi connectivity index (χ2v) is 2.53. The highest BCUT2D eigenvalue weighted by Gasteiger charge is 2.29. The summed E-state index contributed by atoms with van der Waals surface area (Å²) in [5, 5.41) is 11.6. The molecule has 0 aliphatic carbocycles. The Balaban J connectivity index is 2.32. The van der Waals surface area contributed by atoms with Crippen LogP contribution in [0.1, 0.15) is 12.8 Å².